The number of nitrogens with one attached hydrogen (secondary N) is 2. The Hall–Kier alpha value is -2.09. The van der Waals surface area contributed by atoms with Gasteiger partial charge in [-0.15, -0.1) is 0 Å². The molecular formula is C18H28N6O6. The number of imidazole rings is 1. The molecule has 4 heterocycles. The molecule has 2 aromatic rings. The van der Waals surface area contributed by atoms with Gasteiger partial charge in [-0.3, -0.25) is 4.57 Å². The summed E-state index contributed by atoms with van der Waals surface area (Å²) in [7, 11) is 0. The van der Waals surface area contributed by atoms with E-state index in [1.165, 1.54) is 10.9 Å². The van der Waals surface area contributed by atoms with Crippen molar-refractivity contribution in [1.82, 2.24) is 19.5 Å². The minimum absolute atomic E-state index is 0.0415. The summed E-state index contributed by atoms with van der Waals surface area (Å²) < 4.78 is 12.8. The van der Waals surface area contributed by atoms with Gasteiger partial charge in [-0.25, -0.2) is 4.98 Å². The molecule has 2 saturated heterocycles. The van der Waals surface area contributed by atoms with Crippen LogP contribution in [0.25, 0.3) is 11.2 Å². The van der Waals surface area contributed by atoms with Gasteiger partial charge in [0.15, 0.2) is 23.2 Å². The molecule has 0 saturated carbocycles. The zero-order valence-electron chi connectivity index (χ0n) is 16.5. The highest BCUT2D eigenvalue weighted by Crippen LogP contribution is 2.32. The summed E-state index contributed by atoms with van der Waals surface area (Å²) in [4.78, 5) is 13.4. The average molecular weight is 424 g/mol. The number of hydrogen-bond acceptors (Lipinski definition) is 11. The van der Waals surface area contributed by atoms with Crippen molar-refractivity contribution in [3.05, 3.63) is 6.33 Å². The van der Waals surface area contributed by atoms with Crippen LogP contribution in [0, 0.1) is 0 Å². The van der Waals surface area contributed by atoms with Crippen molar-refractivity contribution in [1.29, 1.82) is 0 Å². The maximum Gasteiger partial charge on any atom is 0.226 e. The molecule has 166 valence electrons. The molecular weight excluding hydrogens is 396 g/mol. The first kappa shape index (κ1) is 21.2. The van der Waals surface area contributed by atoms with Gasteiger partial charge in [0.2, 0.25) is 5.95 Å². The van der Waals surface area contributed by atoms with Crippen molar-refractivity contribution >= 4 is 22.9 Å². The zero-order chi connectivity index (χ0) is 21.1. The lowest BCUT2D eigenvalue weighted by Crippen LogP contribution is -2.33. The number of aliphatic hydroxyl groups excluding tert-OH is 4. The van der Waals surface area contributed by atoms with E-state index in [1.54, 1.807) is 0 Å². The number of rotatable bonds is 9. The second-order valence-corrected chi connectivity index (χ2v) is 7.47. The van der Waals surface area contributed by atoms with Crippen molar-refractivity contribution in [2.24, 2.45) is 0 Å². The van der Waals surface area contributed by atoms with Crippen LogP contribution in [0.3, 0.4) is 0 Å². The van der Waals surface area contributed by atoms with Gasteiger partial charge in [0.05, 0.1) is 19.0 Å². The van der Waals surface area contributed by atoms with Gasteiger partial charge in [-0.1, -0.05) is 0 Å². The van der Waals surface area contributed by atoms with Crippen LogP contribution in [-0.2, 0) is 9.47 Å². The molecule has 0 amide bonds. The fraction of sp³-hybridized carbons (Fsp3) is 0.722. The Morgan fingerprint density at radius 1 is 1.17 bits per heavy atom. The fourth-order valence-electron chi connectivity index (χ4n) is 3.71. The standard InChI is InChI=1S/C18H28N6O6/c25-5-2-4-19-18-22-15(20-7-10-3-1-6-29-10)12-16(23-18)24(9-21-12)17-14(28)13(27)11(8-26)30-17/h9-11,13-14,17,25-28H,1-8H2,(H2,19,20,22,23)/t10?,11-,13-,14-,17?/m1/s1. The molecule has 5 atom stereocenters. The average Bonchev–Trinajstić information content (AvgIpc) is 3.47. The molecule has 6 N–H and O–H groups in total. The van der Waals surface area contributed by atoms with Gasteiger partial charge >= 0.3 is 0 Å². The van der Waals surface area contributed by atoms with Crippen molar-refractivity contribution in [2.75, 3.05) is 43.5 Å². The predicted molar refractivity (Wildman–Crippen MR) is 106 cm³/mol. The number of fused-ring (bicyclic) bond motifs is 1. The first-order valence-corrected chi connectivity index (χ1v) is 10.2. The van der Waals surface area contributed by atoms with Crippen LogP contribution >= 0.6 is 0 Å². The minimum Gasteiger partial charge on any atom is -0.396 e. The van der Waals surface area contributed by atoms with Crippen LogP contribution in [0.2, 0.25) is 0 Å². The van der Waals surface area contributed by atoms with Gasteiger partial charge in [0.25, 0.3) is 0 Å². The first-order chi connectivity index (χ1) is 14.6. The molecule has 2 aliphatic heterocycles. The molecule has 0 aromatic carbocycles. The van der Waals surface area contributed by atoms with Crippen molar-refractivity contribution < 1.29 is 29.9 Å². The minimum atomic E-state index is -1.25. The van der Waals surface area contributed by atoms with E-state index in [9.17, 15) is 15.3 Å². The largest absolute Gasteiger partial charge is 0.396 e. The van der Waals surface area contributed by atoms with Crippen molar-refractivity contribution in [2.45, 2.75) is 49.9 Å². The third-order valence-corrected chi connectivity index (χ3v) is 5.35. The summed E-state index contributed by atoms with van der Waals surface area (Å²) in [5.74, 6) is 0.840. The highest BCUT2D eigenvalue weighted by molar-refractivity contribution is 5.84. The normalized spacial score (nSPS) is 29.0. The predicted octanol–water partition coefficient (Wildman–Crippen LogP) is -1.18. The van der Waals surface area contributed by atoms with Crippen LogP contribution in [0.15, 0.2) is 6.33 Å². The number of aromatic nitrogens is 4. The second kappa shape index (κ2) is 9.37. The molecule has 12 nitrogen and oxygen atoms in total. The Labute approximate surface area is 172 Å². The molecule has 2 aliphatic rings. The van der Waals surface area contributed by atoms with E-state index in [0.717, 1.165) is 19.4 Å². The van der Waals surface area contributed by atoms with E-state index in [2.05, 4.69) is 25.6 Å². The Morgan fingerprint density at radius 2 is 2.03 bits per heavy atom. The van der Waals surface area contributed by atoms with E-state index >= 15 is 0 Å². The molecule has 0 spiro atoms. The van der Waals surface area contributed by atoms with Crippen LogP contribution in [0.5, 0.6) is 0 Å². The molecule has 0 aliphatic carbocycles. The number of aliphatic hydroxyl groups is 4. The number of hydrogen-bond donors (Lipinski definition) is 6. The van der Waals surface area contributed by atoms with Gasteiger partial charge < -0.3 is 40.5 Å². The Morgan fingerprint density at radius 3 is 2.73 bits per heavy atom. The van der Waals surface area contributed by atoms with Crippen molar-refractivity contribution in [3.63, 3.8) is 0 Å². The number of nitrogens with zero attached hydrogens (tertiary/aromatic N) is 4. The van der Waals surface area contributed by atoms with E-state index in [4.69, 9.17) is 14.6 Å². The van der Waals surface area contributed by atoms with Crippen LogP contribution in [0.1, 0.15) is 25.5 Å². The van der Waals surface area contributed by atoms with Crippen LogP contribution in [0.4, 0.5) is 11.8 Å². The smallest absolute Gasteiger partial charge is 0.226 e. The molecule has 12 heteroatoms. The highest BCUT2D eigenvalue weighted by atomic mass is 16.6. The maximum atomic E-state index is 10.4. The molecule has 0 bridgehead atoms. The van der Waals surface area contributed by atoms with Gasteiger partial charge in [0, 0.05) is 26.3 Å². The number of ether oxygens (including phenoxy) is 2. The summed E-state index contributed by atoms with van der Waals surface area (Å²) >= 11 is 0. The summed E-state index contributed by atoms with van der Waals surface area (Å²) in [6, 6.07) is 0. The third-order valence-electron chi connectivity index (χ3n) is 5.35. The number of anilines is 2. The fourth-order valence-corrected chi connectivity index (χ4v) is 3.71. The Kier molecular flexibility index (Phi) is 6.61. The topological polar surface area (TPSA) is 167 Å². The Balaban J connectivity index is 1.64. The van der Waals surface area contributed by atoms with Gasteiger partial charge in [-0.05, 0) is 19.3 Å². The molecule has 2 fully saturated rings. The van der Waals surface area contributed by atoms with Crippen LogP contribution in [-0.4, -0.2) is 97.3 Å². The van der Waals surface area contributed by atoms with Crippen molar-refractivity contribution in [3.8, 4) is 0 Å². The molecule has 2 unspecified atom stereocenters. The molecule has 0 radical (unpaired) electrons. The van der Waals surface area contributed by atoms with E-state index in [1.807, 2.05) is 0 Å². The molecule has 2 aromatic heterocycles. The SMILES string of the molecule is OCCCNc1nc(NCC2CCCO2)c2ncn(C3O[C@H](CO)[C@@H](O)[C@H]3O)c2n1. The maximum absolute atomic E-state index is 10.4. The molecule has 4 rings (SSSR count). The van der Waals surface area contributed by atoms with E-state index < -0.39 is 31.1 Å². The lowest BCUT2D eigenvalue weighted by Gasteiger charge is -2.17. The summed E-state index contributed by atoms with van der Waals surface area (Å²) in [6.45, 7) is 1.43. The van der Waals surface area contributed by atoms with Crippen LogP contribution < -0.4 is 10.6 Å². The first-order valence-electron chi connectivity index (χ1n) is 10.2. The lowest BCUT2D eigenvalue weighted by molar-refractivity contribution is -0.0511. The lowest BCUT2D eigenvalue weighted by atomic mass is 10.1. The zero-order valence-corrected chi connectivity index (χ0v) is 16.5. The Bertz CT molecular complexity index is 844. The van der Waals surface area contributed by atoms with E-state index in [-0.39, 0.29) is 12.7 Å². The third kappa shape index (κ3) is 4.19. The van der Waals surface area contributed by atoms with E-state index in [0.29, 0.717) is 42.4 Å². The summed E-state index contributed by atoms with van der Waals surface area (Å²) in [5, 5.41) is 45.2. The second-order valence-electron chi connectivity index (χ2n) is 7.47. The van der Waals surface area contributed by atoms with Gasteiger partial charge in [0.1, 0.15) is 18.3 Å². The summed E-state index contributed by atoms with van der Waals surface area (Å²) in [6.07, 6.45) is -0.218. The highest BCUT2D eigenvalue weighted by Gasteiger charge is 2.44. The summed E-state index contributed by atoms with van der Waals surface area (Å²) in [5.41, 5.74) is 0.889. The monoisotopic (exact) mass is 424 g/mol. The molecule has 30 heavy (non-hydrogen) atoms. The van der Waals surface area contributed by atoms with Gasteiger partial charge in [-0.2, -0.15) is 9.97 Å². The quantitative estimate of drug-likeness (QED) is 0.268.